The van der Waals surface area contributed by atoms with Crippen LogP contribution in [0.15, 0.2) is 54.7 Å². The van der Waals surface area contributed by atoms with Crippen LogP contribution in [0.5, 0.6) is 5.75 Å². The maximum Gasteiger partial charge on any atom is 0.258 e. The highest BCUT2D eigenvalue weighted by molar-refractivity contribution is 6.30. The summed E-state index contributed by atoms with van der Waals surface area (Å²) in [6.45, 7) is 0. The predicted octanol–water partition coefficient (Wildman–Crippen LogP) is 4.04. The molecule has 2 aromatic rings. The average molecular weight is 305 g/mol. The van der Waals surface area contributed by atoms with Crippen molar-refractivity contribution in [3.63, 3.8) is 0 Å². The molecular formula is C15H13ClN2O3. The Bertz CT molecular complexity index is 669. The van der Waals surface area contributed by atoms with Crippen molar-refractivity contribution in [1.82, 2.24) is 0 Å². The molecule has 0 aliphatic carbocycles. The second-order valence-electron chi connectivity index (χ2n) is 4.19. The van der Waals surface area contributed by atoms with Crippen LogP contribution in [0.4, 0.5) is 5.69 Å². The Morgan fingerprint density at radius 2 is 2.00 bits per heavy atom. The third-order valence-electron chi connectivity index (χ3n) is 2.74. The third kappa shape index (κ3) is 4.22. The molecule has 108 valence electrons. The Balaban J connectivity index is 2.30. The summed E-state index contributed by atoms with van der Waals surface area (Å²) in [6.07, 6.45) is 0.913. The van der Waals surface area contributed by atoms with Crippen LogP contribution in [-0.4, -0.2) is 12.0 Å². The highest BCUT2D eigenvalue weighted by Gasteiger charge is 2.08. The zero-order valence-electron chi connectivity index (χ0n) is 11.2. The molecule has 6 heteroatoms. The minimum absolute atomic E-state index is 0.354. The molecule has 0 saturated carbocycles. The number of methoxy groups -OCH3 is 1. The normalized spacial score (nSPS) is 11.0. The molecule has 0 aliphatic heterocycles. The van der Waals surface area contributed by atoms with Crippen LogP contribution in [0.25, 0.3) is 5.70 Å². The van der Waals surface area contributed by atoms with Crippen molar-refractivity contribution in [2.45, 2.75) is 0 Å². The minimum Gasteiger partial charge on any atom is -0.497 e. The van der Waals surface area contributed by atoms with E-state index in [2.05, 4.69) is 5.32 Å². The van der Waals surface area contributed by atoms with Gasteiger partial charge in [0.25, 0.3) is 6.20 Å². The second-order valence-corrected chi connectivity index (χ2v) is 4.63. The maximum absolute atomic E-state index is 10.8. The van der Waals surface area contributed by atoms with Gasteiger partial charge in [-0.3, -0.25) is 10.1 Å². The van der Waals surface area contributed by atoms with Crippen molar-refractivity contribution in [1.29, 1.82) is 0 Å². The largest absolute Gasteiger partial charge is 0.497 e. The standard InChI is InChI=1S/C15H13ClN2O3/c1-21-14-7-5-13(6-8-14)17-15(10-18(19)20)11-3-2-4-12(16)9-11/h2-10,17H,1H3/b15-10-. The fraction of sp³-hybridized carbons (Fsp3) is 0.0667. The first kappa shape index (κ1) is 14.9. The quantitative estimate of drug-likeness (QED) is 0.669. The summed E-state index contributed by atoms with van der Waals surface area (Å²) in [6, 6.07) is 13.9. The number of nitrogens with zero attached hydrogens (tertiary/aromatic N) is 1. The Morgan fingerprint density at radius 1 is 1.29 bits per heavy atom. The molecule has 0 fully saturated rings. The first-order valence-corrected chi connectivity index (χ1v) is 6.48. The van der Waals surface area contributed by atoms with Gasteiger partial charge in [-0.2, -0.15) is 0 Å². The Hall–Kier alpha value is -2.53. The minimum atomic E-state index is -0.507. The maximum atomic E-state index is 10.8. The highest BCUT2D eigenvalue weighted by Crippen LogP contribution is 2.23. The summed E-state index contributed by atoms with van der Waals surface area (Å²) >= 11 is 5.93. The Kier molecular flexibility index (Phi) is 4.79. The Morgan fingerprint density at radius 3 is 2.57 bits per heavy atom. The Labute approximate surface area is 127 Å². The van der Waals surface area contributed by atoms with Gasteiger partial charge in [0.2, 0.25) is 0 Å². The molecule has 1 N–H and O–H groups in total. The summed E-state index contributed by atoms with van der Waals surface area (Å²) in [5.41, 5.74) is 1.70. The van der Waals surface area contributed by atoms with Crippen molar-refractivity contribution in [2.75, 3.05) is 12.4 Å². The average Bonchev–Trinajstić information content (AvgIpc) is 2.47. The van der Waals surface area contributed by atoms with Gasteiger partial charge in [0.05, 0.1) is 12.0 Å². The molecular weight excluding hydrogens is 292 g/mol. The van der Waals surface area contributed by atoms with E-state index < -0.39 is 4.92 Å². The van der Waals surface area contributed by atoms with E-state index in [9.17, 15) is 10.1 Å². The smallest absolute Gasteiger partial charge is 0.258 e. The summed E-state index contributed by atoms with van der Waals surface area (Å²) in [5, 5.41) is 14.3. The molecule has 5 nitrogen and oxygen atoms in total. The van der Waals surface area contributed by atoms with E-state index in [1.807, 2.05) is 0 Å². The van der Waals surface area contributed by atoms with E-state index in [0.717, 1.165) is 6.20 Å². The van der Waals surface area contributed by atoms with Gasteiger partial charge in [0, 0.05) is 16.3 Å². The summed E-state index contributed by atoms with van der Waals surface area (Å²) in [4.78, 5) is 10.3. The van der Waals surface area contributed by atoms with Crippen molar-refractivity contribution in [2.24, 2.45) is 0 Å². The van der Waals surface area contributed by atoms with Crippen LogP contribution in [0.1, 0.15) is 5.56 Å². The van der Waals surface area contributed by atoms with Gasteiger partial charge in [-0.1, -0.05) is 23.7 Å². The number of halogens is 1. The molecule has 0 heterocycles. The molecule has 0 unspecified atom stereocenters. The molecule has 0 bridgehead atoms. The van der Waals surface area contributed by atoms with Crippen LogP contribution in [0.3, 0.4) is 0 Å². The lowest BCUT2D eigenvalue weighted by Crippen LogP contribution is -2.02. The molecule has 0 radical (unpaired) electrons. The van der Waals surface area contributed by atoms with Crippen LogP contribution < -0.4 is 10.1 Å². The first-order chi connectivity index (χ1) is 10.1. The molecule has 0 spiro atoms. The summed E-state index contributed by atoms with van der Waals surface area (Å²) in [7, 11) is 1.58. The molecule has 0 aliphatic rings. The van der Waals surface area contributed by atoms with E-state index in [1.165, 1.54) is 0 Å². The van der Waals surface area contributed by atoms with Crippen molar-refractivity contribution in [3.8, 4) is 5.75 Å². The first-order valence-electron chi connectivity index (χ1n) is 6.11. The summed E-state index contributed by atoms with van der Waals surface area (Å²) in [5.74, 6) is 0.711. The number of nitrogens with one attached hydrogen (secondary N) is 1. The number of anilines is 1. The summed E-state index contributed by atoms with van der Waals surface area (Å²) < 4.78 is 5.07. The highest BCUT2D eigenvalue weighted by atomic mass is 35.5. The van der Waals surface area contributed by atoms with Crippen molar-refractivity contribution in [3.05, 3.63) is 75.4 Å². The van der Waals surface area contributed by atoms with E-state index in [1.54, 1.807) is 55.6 Å². The molecule has 2 rings (SSSR count). The molecule has 0 atom stereocenters. The van der Waals surface area contributed by atoms with Gasteiger partial charge < -0.3 is 10.1 Å². The van der Waals surface area contributed by atoms with E-state index in [4.69, 9.17) is 16.3 Å². The number of ether oxygens (including phenoxy) is 1. The number of nitro groups is 1. The SMILES string of the molecule is COc1ccc(N/C(=C\[N+](=O)[O-])c2cccc(Cl)c2)cc1. The van der Waals surface area contributed by atoms with Crippen LogP contribution in [-0.2, 0) is 0 Å². The molecule has 2 aromatic carbocycles. The molecule has 0 saturated heterocycles. The second kappa shape index (κ2) is 6.76. The van der Waals surface area contributed by atoms with Crippen LogP contribution in [0, 0.1) is 10.1 Å². The lowest BCUT2D eigenvalue weighted by Gasteiger charge is -2.10. The monoisotopic (exact) mass is 304 g/mol. The zero-order valence-corrected chi connectivity index (χ0v) is 12.0. The number of rotatable bonds is 5. The molecule has 0 amide bonds. The van der Waals surface area contributed by atoms with Crippen LogP contribution in [0.2, 0.25) is 5.02 Å². The van der Waals surface area contributed by atoms with Crippen LogP contribution >= 0.6 is 11.6 Å². The van der Waals surface area contributed by atoms with Crippen molar-refractivity contribution < 1.29 is 9.66 Å². The number of hydrogen-bond donors (Lipinski definition) is 1. The number of benzene rings is 2. The van der Waals surface area contributed by atoms with E-state index in [-0.39, 0.29) is 0 Å². The zero-order chi connectivity index (χ0) is 15.2. The van der Waals surface area contributed by atoms with Gasteiger partial charge in [0.1, 0.15) is 11.4 Å². The number of hydrogen-bond acceptors (Lipinski definition) is 4. The fourth-order valence-corrected chi connectivity index (χ4v) is 1.96. The topological polar surface area (TPSA) is 64.4 Å². The van der Waals surface area contributed by atoms with Gasteiger partial charge in [0.15, 0.2) is 0 Å². The predicted molar refractivity (Wildman–Crippen MR) is 83.0 cm³/mol. The van der Waals surface area contributed by atoms with Gasteiger partial charge in [-0.05, 0) is 36.4 Å². The lowest BCUT2D eigenvalue weighted by atomic mass is 10.1. The fourth-order valence-electron chi connectivity index (χ4n) is 1.77. The van der Waals surface area contributed by atoms with Gasteiger partial charge >= 0.3 is 0 Å². The molecule has 0 aromatic heterocycles. The van der Waals surface area contributed by atoms with E-state index >= 15 is 0 Å². The van der Waals surface area contributed by atoms with Crippen molar-refractivity contribution >= 4 is 23.0 Å². The molecule has 21 heavy (non-hydrogen) atoms. The van der Waals surface area contributed by atoms with E-state index in [0.29, 0.717) is 27.7 Å². The third-order valence-corrected chi connectivity index (χ3v) is 2.97. The lowest BCUT2D eigenvalue weighted by molar-refractivity contribution is -0.401. The van der Waals surface area contributed by atoms with Gasteiger partial charge in [-0.15, -0.1) is 0 Å². The van der Waals surface area contributed by atoms with Gasteiger partial charge in [-0.25, -0.2) is 0 Å².